The second-order valence-electron chi connectivity index (χ2n) is 6.68. The molecule has 0 aliphatic carbocycles. The Morgan fingerprint density at radius 1 is 1.00 bits per heavy atom. The molecular formula is C22H24N4O5. The average Bonchev–Trinajstić information content (AvgIpc) is 3.26. The fourth-order valence-corrected chi connectivity index (χ4v) is 2.63. The van der Waals surface area contributed by atoms with Crippen molar-refractivity contribution in [3.05, 3.63) is 54.1 Å². The molecule has 0 fully saturated rings. The van der Waals surface area contributed by atoms with E-state index >= 15 is 0 Å². The normalized spacial score (nSPS) is 10.5. The molecule has 1 heterocycles. The van der Waals surface area contributed by atoms with Gasteiger partial charge in [-0.2, -0.15) is 4.80 Å². The Morgan fingerprint density at radius 2 is 1.71 bits per heavy atom. The molecule has 3 rings (SSSR count). The van der Waals surface area contributed by atoms with Gasteiger partial charge in [0.05, 0.1) is 13.7 Å². The molecule has 0 radical (unpaired) electrons. The predicted molar refractivity (Wildman–Crippen MR) is 112 cm³/mol. The van der Waals surface area contributed by atoms with Crippen LogP contribution in [0.2, 0.25) is 0 Å². The highest BCUT2D eigenvalue weighted by atomic mass is 16.5. The smallest absolute Gasteiger partial charge is 0.330 e. The lowest BCUT2D eigenvalue weighted by Gasteiger charge is -2.05. The minimum absolute atomic E-state index is 0.249. The lowest BCUT2D eigenvalue weighted by Crippen LogP contribution is -2.19. The van der Waals surface area contributed by atoms with Gasteiger partial charge in [-0.3, -0.25) is 4.79 Å². The third kappa shape index (κ3) is 6.36. The zero-order valence-electron chi connectivity index (χ0n) is 17.5. The molecule has 0 aliphatic heterocycles. The van der Waals surface area contributed by atoms with Gasteiger partial charge in [0.15, 0.2) is 18.9 Å². The second-order valence-corrected chi connectivity index (χ2v) is 6.68. The molecule has 0 aliphatic rings. The average molecular weight is 424 g/mol. The van der Waals surface area contributed by atoms with Crippen LogP contribution in [0.3, 0.4) is 0 Å². The number of ether oxygens (including phenoxy) is 3. The van der Waals surface area contributed by atoms with E-state index in [1.165, 1.54) is 0 Å². The quantitative estimate of drug-likeness (QED) is 0.263. The SMILES string of the molecule is CCCCOc1ccc(-c2nnn(CC(=O)OCC(=O)c3ccc(OC)cc3)n2)cc1. The largest absolute Gasteiger partial charge is 0.497 e. The van der Waals surface area contributed by atoms with Crippen LogP contribution in [-0.4, -0.2) is 52.3 Å². The number of hydrogen-bond acceptors (Lipinski definition) is 8. The first-order chi connectivity index (χ1) is 15.1. The Morgan fingerprint density at radius 3 is 2.39 bits per heavy atom. The van der Waals surface area contributed by atoms with Crippen molar-refractivity contribution >= 4 is 11.8 Å². The van der Waals surface area contributed by atoms with E-state index in [2.05, 4.69) is 22.3 Å². The van der Waals surface area contributed by atoms with Gasteiger partial charge in [0.2, 0.25) is 5.82 Å². The molecule has 0 unspecified atom stereocenters. The number of carbonyl (C=O) groups excluding carboxylic acids is 2. The highest BCUT2D eigenvalue weighted by Gasteiger charge is 2.13. The first-order valence-corrected chi connectivity index (χ1v) is 9.93. The van der Waals surface area contributed by atoms with Gasteiger partial charge >= 0.3 is 5.97 Å². The molecule has 2 aromatic carbocycles. The first kappa shape index (κ1) is 21.9. The van der Waals surface area contributed by atoms with E-state index in [4.69, 9.17) is 14.2 Å². The lowest BCUT2D eigenvalue weighted by atomic mass is 10.1. The van der Waals surface area contributed by atoms with Gasteiger partial charge < -0.3 is 14.2 Å². The topological polar surface area (TPSA) is 105 Å². The molecule has 0 amide bonds. The van der Waals surface area contributed by atoms with Crippen molar-refractivity contribution in [3.63, 3.8) is 0 Å². The van der Waals surface area contributed by atoms with Gasteiger partial charge in [0.1, 0.15) is 11.5 Å². The standard InChI is InChI=1S/C22H24N4O5/c1-3-4-13-30-19-11-7-17(8-12-19)22-23-25-26(24-22)14-21(28)31-15-20(27)16-5-9-18(29-2)10-6-16/h5-12H,3-4,13-15H2,1-2H3. The molecule has 0 N–H and O–H groups in total. The zero-order valence-corrected chi connectivity index (χ0v) is 17.5. The summed E-state index contributed by atoms with van der Waals surface area (Å²) in [5, 5.41) is 12.0. The second kappa shape index (κ2) is 10.9. The van der Waals surface area contributed by atoms with Gasteiger partial charge in [-0.05, 0) is 60.2 Å². The Balaban J connectivity index is 1.49. The molecule has 0 spiro atoms. The van der Waals surface area contributed by atoms with Gasteiger partial charge in [-0.15, -0.1) is 10.2 Å². The number of tetrazole rings is 1. The van der Waals surface area contributed by atoms with Crippen molar-refractivity contribution in [2.75, 3.05) is 20.3 Å². The Kier molecular flexibility index (Phi) is 7.69. The van der Waals surface area contributed by atoms with Gasteiger partial charge in [-0.25, -0.2) is 4.79 Å². The molecule has 162 valence electrons. The van der Waals surface area contributed by atoms with E-state index in [1.807, 2.05) is 24.3 Å². The predicted octanol–water partition coefficient (Wildman–Crippen LogP) is 2.95. The Labute approximate surface area is 179 Å². The van der Waals surface area contributed by atoms with Crippen LogP contribution >= 0.6 is 0 Å². The molecule has 0 atom stereocenters. The fourth-order valence-electron chi connectivity index (χ4n) is 2.63. The number of unbranched alkanes of at least 4 members (excludes halogenated alkanes) is 1. The van der Waals surface area contributed by atoms with Gasteiger partial charge in [0.25, 0.3) is 0 Å². The summed E-state index contributed by atoms with van der Waals surface area (Å²) in [4.78, 5) is 25.3. The zero-order chi connectivity index (χ0) is 22.1. The molecule has 0 saturated heterocycles. The van der Waals surface area contributed by atoms with Crippen LogP contribution in [-0.2, 0) is 16.1 Å². The summed E-state index contributed by atoms with van der Waals surface area (Å²) in [5.74, 6) is 0.840. The summed E-state index contributed by atoms with van der Waals surface area (Å²) in [7, 11) is 1.54. The Hall–Kier alpha value is -3.75. The van der Waals surface area contributed by atoms with Crippen LogP contribution in [0.5, 0.6) is 11.5 Å². The summed E-state index contributed by atoms with van der Waals surface area (Å²) >= 11 is 0. The van der Waals surface area contributed by atoms with Crippen LogP contribution in [0.1, 0.15) is 30.1 Å². The molecule has 0 bridgehead atoms. The van der Waals surface area contributed by atoms with E-state index in [0.29, 0.717) is 23.7 Å². The number of nitrogens with zero attached hydrogens (tertiary/aromatic N) is 4. The van der Waals surface area contributed by atoms with Crippen LogP contribution in [0.25, 0.3) is 11.4 Å². The molecular weight excluding hydrogens is 400 g/mol. The fraction of sp³-hybridized carbons (Fsp3) is 0.318. The monoisotopic (exact) mass is 424 g/mol. The van der Waals surface area contributed by atoms with Crippen LogP contribution in [0.4, 0.5) is 0 Å². The van der Waals surface area contributed by atoms with E-state index in [-0.39, 0.29) is 18.9 Å². The summed E-state index contributed by atoms with van der Waals surface area (Å²) in [6, 6.07) is 13.9. The number of ketones is 1. The number of methoxy groups -OCH3 is 1. The summed E-state index contributed by atoms with van der Waals surface area (Å²) in [6.07, 6.45) is 2.07. The molecule has 1 aromatic heterocycles. The lowest BCUT2D eigenvalue weighted by molar-refractivity contribution is -0.143. The van der Waals surface area contributed by atoms with Crippen molar-refractivity contribution in [1.29, 1.82) is 0 Å². The molecule has 31 heavy (non-hydrogen) atoms. The van der Waals surface area contributed by atoms with Crippen LogP contribution < -0.4 is 9.47 Å². The van der Waals surface area contributed by atoms with Crippen LogP contribution in [0.15, 0.2) is 48.5 Å². The number of esters is 1. The molecule has 9 nitrogen and oxygen atoms in total. The van der Waals surface area contributed by atoms with Crippen molar-refractivity contribution in [2.45, 2.75) is 26.3 Å². The maximum absolute atomic E-state index is 12.1. The highest BCUT2D eigenvalue weighted by molar-refractivity contribution is 5.98. The maximum atomic E-state index is 12.1. The summed E-state index contributed by atoms with van der Waals surface area (Å²) in [5.41, 5.74) is 1.18. The van der Waals surface area contributed by atoms with Crippen molar-refractivity contribution in [2.24, 2.45) is 0 Å². The maximum Gasteiger partial charge on any atom is 0.330 e. The number of aromatic nitrogens is 4. The Bertz CT molecular complexity index is 1000. The summed E-state index contributed by atoms with van der Waals surface area (Å²) in [6.45, 7) is 2.16. The number of carbonyl (C=O) groups is 2. The number of Topliss-reactive ketones (excluding diaryl/α,β-unsaturated/α-hetero) is 1. The van der Waals surface area contributed by atoms with Crippen molar-refractivity contribution in [3.8, 4) is 22.9 Å². The third-order valence-corrected chi connectivity index (χ3v) is 4.38. The van der Waals surface area contributed by atoms with E-state index < -0.39 is 5.97 Å². The van der Waals surface area contributed by atoms with Crippen LogP contribution in [0, 0.1) is 0 Å². The van der Waals surface area contributed by atoms with Gasteiger partial charge in [0, 0.05) is 11.1 Å². The first-order valence-electron chi connectivity index (χ1n) is 9.93. The summed E-state index contributed by atoms with van der Waals surface area (Å²) < 4.78 is 15.7. The third-order valence-electron chi connectivity index (χ3n) is 4.38. The van der Waals surface area contributed by atoms with Gasteiger partial charge in [-0.1, -0.05) is 13.3 Å². The molecule has 0 saturated carbocycles. The minimum Gasteiger partial charge on any atom is -0.497 e. The highest BCUT2D eigenvalue weighted by Crippen LogP contribution is 2.19. The number of hydrogen-bond donors (Lipinski definition) is 0. The van der Waals surface area contributed by atoms with E-state index in [0.717, 1.165) is 29.0 Å². The number of benzene rings is 2. The van der Waals surface area contributed by atoms with E-state index in [9.17, 15) is 9.59 Å². The molecule has 3 aromatic rings. The molecule has 9 heteroatoms. The van der Waals surface area contributed by atoms with E-state index in [1.54, 1.807) is 31.4 Å². The van der Waals surface area contributed by atoms with Crippen molar-refractivity contribution in [1.82, 2.24) is 20.2 Å². The van der Waals surface area contributed by atoms with Crippen molar-refractivity contribution < 1.29 is 23.8 Å². The minimum atomic E-state index is -0.634. The number of rotatable bonds is 11.